The van der Waals surface area contributed by atoms with Crippen molar-refractivity contribution in [1.82, 2.24) is 4.90 Å². The van der Waals surface area contributed by atoms with Gasteiger partial charge in [-0.15, -0.1) is 0 Å². The lowest BCUT2D eigenvalue weighted by Crippen LogP contribution is -2.34. The largest absolute Gasteiger partial charge is 0.418 e. The van der Waals surface area contributed by atoms with Crippen LogP contribution in [0.3, 0.4) is 0 Å². The average molecular weight is 380 g/mol. The molecule has 1 fully saturated rings. The van der Waals surface area contributed by atoms with Gasteiger partial charge in [-0.05, 0) is 18.9 Å². The lowest BCUT2D eigenvalue weighted by atomic mass is 10.1. The molecule has 0 aliphatic carbocycles. The molecule has 1 aliphatic heterocycles. The van der Waals surface area contributed by atoms with E-state index in [0.29, 0.717) is 25.6 Å². The summed E-state index contributed by atoms with van der Waals surface area (Å²) in [6.07, 6.45) is -1.62. The molecule has 10 heteroatoms. The molecule has 0 unspecified atom stereocenters. The van der Waals surface area contributed by atoms with Crippen molar-refractivity contribution >= 4 is 28.9 Å². The van der Waals surface area contributed by atoms with Gasteiger partial charge in [0, 0.05) is 32.1 Å². The van der Waals surface area contributed by atoms with Crippen molar-refractivity contribution < 1.29 is 22.9 Å². The lowest BCUT2D eigenvalue weighted by Gasteiger charge is -2.21. The molecule has 0 bridgehead atoms. The molecule has 138 valence electrons. The predicted molar refractivity (Wildman–Crippen MR) is 86.6 cm³/mol. The zero-order valence-electron chi connectivity index (χ0n) is 13.2. The molecular formula is C15H17ClF3N3O3. The van der Waals surface area contributed by atoms with Crippen LogP contribution in [-0.2, 0) is 11.0 Å². The number of rotatable bonds is 5. The van der Waals surface area contributed by atoms with Crippen LogP contribution in [0.25, 0.3) is 0 Å². The molecule has 25 heavy (non-hydrogen) atoms. The second kappa shape index (κ2) is 7.90. The highest BCUT2D eigenvalue weighted by molar-refractivity contribution is 6.31. The van der Waals surface area contributed by atoms with E-state index < -0.39 is 27.4 Å². The summed E-state index contributed by atoms with van der Waals surface area (Å²) < 4.78 is 38.5. The molecule has 2 rings (SSSR count). The molecule has 1 aliphatic rings. The average Bonchev–Trinajstić information content (AvgIpc) is 2.70. The Morgan fingerprint density at radius 3 is 2.64 bits per heavy atom. The number of nitrogens with one attached hydrogen (secondary N) is 1. The number of carbonyl (C=O) groups is 1. The Balaban J connectivity index is 2.12. The van der Waals surface area contributed by atoms with Gasteiger partial charge in [-0.3, -0.25) is 14.9 Å². The zero-order valence-corrected chi connectivity index (χ0v) is 14.0. The first kappa shape index (κ1) is 19.3. The van der Waals surface area contributed by atoms with Crippen LogP contribution < -0.4 is 5.32 Å². The van der Waals surface area contributed by atoms with Crippen LogP contribution in [0.2, 0.25) is 5.02 Å². The van der Waals surface area contributed by atoms with Crippen molar-refractivity contribution in [1.29, 1.82) is 0 Å². The SMILES string of the molecule is O=C1CCCCCN1CCNc1cc(Cl)c(C(F)(F)F)cc1[N+](=O)[O-]. The summed E-state index contributed by atoms with van der Waals surface area (Å²) in [5.41, 5.74) is -2.07. The maximum Gasteiger partial charge on any atom is 0.418 e. The molecular weight excluding hydrogens is 363 g/mol. The van der Waals surface area contributed by atoms with Crippen LogP contribution in [0, 0.1) is 10.1 Å². The van der Waals surface area contributed by atoms with E-state index in [4.69, 9.17) is 11.6 Å². The summed E-state index contributed by atoms with van der Waals surface area (Å²) in [4.78, 5) is 23.7. The van der Waals surface area contributed by atoms with Gasteiger partial charge in [0.2, 0.25) is 5.91 Å². The van der Waals surface area contributed by atoms with Gasteiger partial charge >= 0.3 is 6.18 Å². The molecule has 1 aromatic rings. The summed E-state index contributed by atoms with van der Waals surface area (Å²) in [5.74, 6) is 0.0132. The van der Waals surface area contributed by atoms with Crippen LogP contribution in [0.5, 0.6) is 0 Å². The Hall–Kier alpha value is -2.03. The van der Waals surface area contributed by atoms with E-state index >= 15 is 0 Å². The number of nitro groups is 1. The van der Waals surface area contributed by atoms with Crippen molar-refractivity contribution in [3.8, 4) is 0 Å². The minimum absolute atomic E-state index is 0.0132. The quantitative estimate of drug-likeness (QED) is 0.617. The van der Waals surface area contributed by atoms with Crippen molar-refractivity contribution in [2.75, 3.05) is 25.0 Å². The number of nitrogens with zero attached hydrogens (tertiary/aromatic N) is 2. The molecule has 0 radical (unpaired) electrons. The third-order valence-corrected chi connectivity index (χ3v) is 4.27. The van der Waals surface area contributed by atoms with E-state index in [2.05, 4.69) is 5.32 Å². The molecule has 1 heterocycles. The van der Waals surface area contributed by atoms with E-state index in [-0.39, 0.29) is 18.1 Å². The van der Waals surface area contributed by atoms with Crippen molar-refractivity contribution in [2.45, 2.75) is 31.9 Å². The molecule has 1 N–H and O–H groups in total. The number of nitro benzene ring substituents is 1. The standard InChI is InChI=1S/C15H17ClF3N3O3/c16-11-9-12(13(22(24)25)8-10(11)15(17,18)19)20-5-7-21-6-3-1-2-4-14(21)23/h8-9,20H,1-7H2. The number of alkyl halides is 3. The molecule has 0 spiro atoms. The molecule has 6 nitrogen and oxygen atoms in total. The molecule has 0 saturated carbocycles. The predicted octanol–water partition coefficient (Wildman–Crippen LogP) is 4.08. The summed E-state index contributed by atoms with van der Waals surface area (Å²) in [7, 11) is 0. The lowest BCUT2D eigenvalue weighted by molar-refractivity contribution is -0.384. The maximum absolute atomic E-state index is 12.8. The van der Waals surface area contributed by atoms with Crippen LogP contribution in [0.4, 0.5) is 24.5 Å². The van der Waals surface area contributed by atoms with Gasteiger partial charge in [-0.1, -0.05) is 18.0 Å². The van der Waals surface area contributed by atoms with Gasteiger partial charge in [-0.2, -0.15) is 13.2 Å². The number of hydrogen-bond donors (Lipinski definition) is 1. The minimum atomic E-state index is -4.78. The Bertz CT molecular complexity index is 667. The van der Waals surface area contributed by atoms with Gasteiger partial charge in [-0.25, -0.2) is 0 Å². The van der Waals surface area contributed by atoms with Crippen LogP contribution in [0.15, 0.2) is 12.1 Å². The smallest absolute Gasteiger partial charge is 0.378 e. The Morgan fingerprint density at radius 2 is 2.00 bits per heavy atom. The third kappa shape index (κ3) is 4.97. The van der Waals surface area contributed by atoms with Crippen molar-refractivity contribution in [3.63, 3.8) is 0 Å². The van der Waals surface area contributed by atoms with E-state index in [0.717, 1.165) is 25.3 Å². The number of likely N-dealkylation sites (tertiary alicyclic amines) is 1. The fraction of sp³-hybridized carbons (Fsp3) is 0.533. The normalized spacial score (nSPS) is 15.8. The van der Waals surface area contributed by atoms with E-state index in [1.54, 1.807) is 4.90 Å². The van der Waals surface area contributed by atoms with Gasteiger partial charge in [0.05, 0.1) is 15.5 Å². The number of carbonyl (C=O) groups excluding carboxylic acids is 1. The van der Waals surface area contributed by atoms with Crippen LogP contribution in [-0.4, -0.2) is 35.4 Å². The topological polar surface area (TPSA) is 75.5 Å². The fourth-order valence-electron chi connectivity index (χ4n) is 2.67. The van der Waals surface area contributed by atoms with Crippen molar-refractivity contribution in [3.05, 3.63) is 32.8 Å². The van der Waals surface area contributed by atoms with Gasteiger partial charge in [0.1, 0.15) is 5.69 Å². The number of amides is 1. The second-order valence-corrected chi connectivity index (χ2v) is 6.13. The van der Waals surface area contributed by atoms with Crippen LogP contribution >= 0.6 is 11.6 Å². The summed E-state index contributed by atoms with van der Waals surface area (Å²) >= 11 is 5.62. The highest BCUT2D eigenvalue weighted by atomic mass is 35.5. The van der Waals surface area contributed by atoms with E-state index in [9.17, 15) is 28.1 Å². The highest BCUT2D eigenvalue weighted by Crippen LogP contribution is 2.40. The first-order chi connectivity index (χ1) is 11.7. The minimum Gasteiger partial charge on any atom is -0.378 e. The Labute approximate surface area is 147 Å². The maximum atomic E-state index is 12.8. The van der Waals surface area contributed by atoms with Gasteiger partial charge in [0.15, 0.2) is 0 Å². The first-order valence-electron chi connectivity index (χ1n) is 7.77. The number of halogens is 4. The molecule has 0 aromatic heterocycles. The Kier molecular flexibility index (Phi) is 6.10. The Morgan fingerprint density at radius 1 is 1.28 bits per heavy atom. The molecule has 0 atom stereocenters. The van der Waals surface area contributed by atoms with Crippen LogP contribution in [0.1, 0.15) is 31.2 Å². The van der Waals surface area contributed by atoms with Crippen molar-refractivity contribution in [2.24, 2.45) is 0 Å². The number of hydrogen-bond acceptors (Lipinski definition) is 4. The van der Waals surface area contributed by atoms with E-state index in [1.807, 2.05) is 0 Å². The first-order valence-corrected chi connectivity index (χ1v) is 8.14. The third-order valence-electron chi connectivity index (χ3n) is 3.96. The fourth-order valence-corrected chi connectivity index (χ4v) is 2.94. The van der Waals surface area contributed by atoms with Gasteiger partial charge < -0.3 is 10.2 Å². The second-order valence-electron chi connectivity index (χ2n) is 5.72. The number of anilines is 1. The summed E-state index contributed by atoms with van der Waals surface area (Å²) in [5, 5.41) is 13.2. The van der Waals surface area contributed by atoms with E-state index in [1.165, 1.54) is 0 Å². The summed E-state index contributed by atoms with van der Waals surface area (Å²) in [6, 6.07) is 1.31. The highest BCUT2D eigenvalue weighted by Gasteiger charge is 2.36. The molecule has 1 saturated heterocycles. The monoisotopic (exact) mass is 379 g/mol. The molecule has 1 amide bonds. The number of benzene rings is 1. The van der Waals surface area contributed by atoms with Gasteiger partial charge in [0.25, 0.3) is 5.69 Å². The summed E-state index contributed by atoms with van der Waals surface area (Å²) in [6.45, 7) is 1.10. The molecule has 1 aromatic carbocycles. The zero-order chi connectivity index (χ0) is 18.6.